The normalized spacial score (nSPS) is 13.6. The summed E-state index contributed by atoms with van der Waals surface area (Å²) in [6.07, 6.45) is 5.87. The van der Waals surface area contributed by atoms with Crippen molar-refractivity contribution in [3.63, 3.8) is 0 Å². The molecule has 0 saturated carbocycles. The van der Waals surface area contributed by atoms with Gasteiger partial charge in [-0.15, -0.1) is 11.3 Å². The minimum Gasteiger partial charge on any atom is -0.348 e. The van der Waals surface area contributed by atoms with Crippen molar-refractivity contribution < 1.29 is 4.79 Å². The lowest BCUT2D eigenvalue weighted by molar-refractivity contribution is 0.0950. The smallest absolute Gasteiger partial charge is 0.266 e. The number of thiophene rings is 1. The Morgan fingerprint density at radius 1 is 1.11 bits per heavy atom. The van der Waals surface area contributed by atoms with Gasteiger partial charge < -0.3 is 5.32 Å². The fraction of sp³-hybridized carbons (Fsp3) is 0.227. The molecule has 6 heteroatoms. The molecule has 1 aliphatic carbocycles. The van der Waals surface area contributed by atoms with Gasteiger partial charge in [-0.2, -0.15) is 0 Å². The molecule has 0 radical (unpaired) electrons. The Balaban J connectivity index is 1.53. The fourth-order valence-electron chi connectivity index (χ4n) is 3.84. The van der Waals surface area contributed by atoms with Crippen molar-refractivity contribution in [2.75, 3.05) is 0 Å². The Bertz CT molecular complexity index is 1260. The number of rotatable bonds is 3. The van der Waals surface area contributed by atoms with Gasteiger partial charge in [0, 0.05) is 17.6 Å². The maximum Gasteiger partial charge on any atom is 0.266 e. The Labute approximate surface area is 165 Å². The van der Waals surface area contributed by atoms with E-state index in [-0.39, 0.29) is 11.5 Å². The second kappa shape index (κ2) is 6.87. The lowest BCUT2D eigenvalue weighted by Crippen LogP contribution is -2.24. The highest BCUT2D eigenvalue weighted by atomic mass is 32.1. The second-order valence-corrected chi connectivity index (χ2v) is 8.21. The van der Waals surface area contributed by atoms with Crippen LogP contribution in [0.1, 0.15) is 39.2 Å². The Morgan fingerprint density at radius 3 is 2.79 bits per heavy atom. The van der Waals surface area contributed by atoms with Crippen LogP contribution in [0.3, 0.4) is 0 Å². The third kappa shape index (κ3) is 2.90. The van der Waals surface area contributed by atoms with Gasteiger partial charge in [0.1, 0.15) is 10.5 Å². The number of fused-ring (bicyclic) bond motifs is 4. The van der Waals surface area contributed by atoms with Crippen LogP contribution in [0.15, 0.2) is 53.5 Å². The summed E-state index contributed by atoms with van der Waals surface area (Å²) in [4.78, 5) is 32.5. The topological polar surface area (TPSA) is 63.5 Å². The van der Waals surface area contributed by atoms with Crippen molar-refractivity contribution in [2.24, 2.45) is 0 Å². The van der Waals surface area contributed by atoms with E-state index < -0.39 is 0 Å². The number of carbonyl (C=O) groups excluding carboxylic acids is 1. The number of aryl methyl sites for hydroxylation is 2. The summed E-state index contributed by atoms with van der Waals surface area (Å²) in [6.45, 7) is 0.446. The van der Waals surface area contributed by atoms with E-state index in [1.54, 1.807) is 29.7 Å². The lowest BCUT2D eigenvalue weighted by atomic mass is 9.97. The number of nitrogens with zero attached hydrogens (tertiary/aromatic N) is 2. The van der Waals surface area contributed by atoms with Crippen molar-refractivity contribution in [2.45, 2.75) is 32.2 Å². The van der Waals surface area contributed by atoms with Gasteiger partial charge in [-0.05, 0) is 48.9 Å². The molecule has 5 nitrogen and oxygen atoms in total. The minimum absolute atomic E-state index is 0.0721. The van der Waals surface area contributed by atoms with E-state index in [9.17, 15) is 9.59 Å². The molecule has 0 atom stereocenters. The van der Waals surface area contributed by atoms with Gasteiger partial charge in [-0.3, -0.25) is 14.0 Å². The SMILES string of the molecule is O=C(NCc1ccccc1)c1ccc2nc3sc4c(c3c(=O)n2c1)CCCC4. The van der Waals surface area contributed by atoms with Crippen LogP contribution in [0.25, 0.3) is 15.9 Å². The predicted octanol–water partition coefficient (Wildman–Crippen LogP) is 3.72. The van der Waals surface area contributed by atoms with Crippen molar-refractivity contribution in [3.05, 3.63) is 80.6 Å². The summed E-state index contributed by atoms with van der Waals surface area (Å²) in [6, 6.07) is 13.2. The molecule has 3 aromatic heterocycles. The standard InChI is InChI=1S/C22H19N3O2S/c26-20(23-12-14-6-2-1-3-7-14)15-10-11-18-24-21-19(22(27)25(18)13-15)16-8-4-5-9-17(16)28-21/h1-3,6-7,10-11,13H,4-5,8-9,12H2,(H,23,26). The zero-order valence-corrected chi connectivity index (χ0v) is 16.1. The number of nitrogens with one attached hydrogen (secondary N) is 1. The van der Waals surface area contributed by atoms with Crippen molar-refractivity contribution in [1.82, 2.24) is 14.7 Å². The van der Waals surface area contributed by atoms with E-state index in [0.29, 0.717) is 17.8 Å². The largest absolute Gasteiger partial charge is 0.348 e. The lowest BCUT2D eigenvalue weighted by Gasteiger charge is -2.10. The summed E-state index contributed by atoms with van der Waals surface area (Å²) >= 11 is 1.64. The number of hydrogen-bond acceptors (Lipinski definition) is 4. The predicted molar refractivity (Wildman–Crippen MR) is 111 cm³/mol. The number of amides is 1. The van der Waals surface area contributed by atoms with E-state index in [4.69, 9.17) is 0 Å². The Hall–Kier alpha value is -2.99. The summed E-state index contributed by atoms with van der Waals surface area (Å²) in [7, 11) is 0. The van der Waals surface area contributed by atoms with Gasteiger partial charge in [0.2, 0.25) is 0 Å². The van der Waals surface area contributed by atoms with E-state index in [2.05, 4.69) is 10.3 Å². The summed E-state index contributed by atoms with van der Waals surface area (Å²) in [5.74, 6) is -0.204. The van der Waals surface area contributed by atoms with E-state index in [1.165, 1.54) is 15.7 Å². The molecule has 1 N–H and O–H groups in total. The molecule has 0 saturated heterocycles. The molecule has 5 rings (SSSR count). The first kappa shape index (κ1) is 17.1. The van der Waals surface area contributed by atoms with Crippen LogP contribution < -0.4 is 10.9 Å². The van der Waals surface area contributed by atoms with Crippen molar-refractivity contribution >= 4 is 33.1 Å². The highest BCUT2D eigenvalue weighted by molar-refractivity contribution is 7.18. The van der Waals surface area contributed by atoms with Gasteiger partial charge in [0.15, 0.2) is 0 Å². The van der Waals surface area contributed by atoms with Crippen molar-refractivity contribution in [3.8, 4) is 0 Å². The zero-order chi connectivity index (χ0) is 19.1. The van der Waals surface area contributed by atoms with Crippen LogP contribution in [0, 0.1) is 0 Å². The molecule has 1 amide bonds. The molecular formula is C22H19N3O2S. The van der Waals surface area contributed by atoms with Gasteiger partial charge in [-0.1, -0.05) is 30.3 Å². The average Bonchev–Trinajstić information content (AvgIpc) is 3.11. The summed E-state index contributed by atoms with van der Waals surface area (Å²) < 4.78 is 1.52. The molecule has 1 aromatic carbocycles. The van der Waals surface area contributed by atoms with Crippen LogP contribution >= 0.6 is 11.3 Å². The van der Waals surface area contributed by atoms with E-state index >= 15 is 0 Å². The molecule has 28 heavy (non-hydrogen) atoms. The van der Waals surface area contributed by atoms with Crippen LogP contribution in [0.4, 0.5) is 0 Å². The first-order valence-corrected chi connectivity index (χ1v) is 10.3. The number of pyridine rings is 1. The van der Waals surface area contributed by atoms with E-state index in [0.717, 1.165) is 40.6 Å². The van der Waals surface area contributed by atoms with Gasteiger partial charge >= 0.3 is 0 Å². The minimum atomic E-state index is -0.204. The molecule has 3 heterocycles. The molecule has 0 unspecified atom stereocenters. The Kier molecular flexibility index (Phi) is 4.20. The number of benzene rings is 1. The molecule has 0 fully saturated rings. The highest BCUT2D eigenvalue weighted by Crippen LogP contribution is 2.33. The number of carbonyl (C=O) groups is 1. The molecular weight excluding hydrogens is 370 g/mol. The maximum atomic E-state index is 13.2. The van der Waals surface area contributed by atoms with Crippen LogP contribution in [0.5, 0.6) is 0 Å². The average molecular weight is 389 g/mol. The second-order valence-electron chi connectivity index (χ2n) is 7.12. The maximum absolute atomic E-state index is 13.2. The first-order valence-electron chi connectivity index (χ1n) is 9.49. The molecule has 4 aromatic rings. The van der Waals surface area contributed by atoms with Crippen LogP contribution in [-0.4, -0.2) is 15.3 Å². The number of hydrogen-bond donors (Lipinski definition) is 1. The quantitative estimate of drug-likeness (QED) is 0.581. The molecule has 140 valence electrons. The van der Waals surface area contributed by atoms with Crippen LogP contribution in [-0.2, 0) is 19.4 Å². The highest BCUT2D eigenvalue weighted by Gasteiger charge is 2.20. The Morgan fingerprint density at radius 2 is 1.93 bits per heavy atom. The third-order valence-corrected chi connectivity index (χ3v) is 6.47. The summed E-state index contributed by atoms with van der Waals surface area (Å²) in [5, 5.41) is 3.64. The molecule has 0 bridgehead atoms. The molecule has 1 aliphatic rings. The monoisotopic (exact) mass is 389 g/mol. The molecule has 0 spiro atoms. The van der Waals surface area contributed by atoms with Crippen molar-refractivity contribution in [1.29, 1.82) is 0 Å². The third-order valence-electron chi connectivity index (χ3n) is 5.29. The van der Waals surface area contributed by atoms with Gasteiger partial charge in [0.25, 0.3) is 11.5 Å². The first-order chi connectivity index (χ1) is 13.7. The number of aromatic nitrogens is 2. The van der Waals surface area contributed by atoms with Gasteiger partial charge in [0.05, 0.1) is 10.9 Å². The molecule has 0 aliphatic heterocycles. The van der Waals surface area contributed by atoms with E-state index in [1.807, 2.05) is 30.3 Å². The fourth-order valence-corrected chi connectivity index (χ4v) is 5.10. The summed E-state index contributed by atoms with van der Waals surface area (Å²) in [5.41, 5.74) is 3.16. The van der Waals surface area contributed by atoms with Gasteiger partial charge in [-0.25, -0.2) is 4.98 Å². The zero-order valence-electron chi connectivity index (χ0n) is 15.3. The van der Waals surface area contributed by atoms with Crippen LogP contribution in [0.2, 0.25) is 0 Å².